The van der Waals surface area contributed by atoms with Crippen molar-refractivity contribution in [3.05, 3.63) is 36.0 Å². The molecule has 0 aliphatic carbocycles. The number of hydrogen-bond acceptors (Lipinski definition) is 5. The highest BCUT2D eigenvalue weighted by Crippen LogP contribution is 2.22. The largest absolute Gasteiger partial charge is 0.493 e. The number of aromatic nitrogens is 2. The molecule has 2 heterocycles. The van der Waals surface area contributed by atoms with Crippen LogP contribution in [-0.2, 0) is 0 Å². The van der Waals surface area contributed by atoms with Crippen molar-refractivity contribution in [1.29, 1.82) is 0 Å². The van der Waals surface area contributed by atoms with Crippen LogP contribution in [0.1, 0.15) is 30.8 Å². The lowest BCUT2D eigenvalue weighted by Gasteiger charge is -2.28. The van der Waals surface area contributed by atoms with Crippen LogP contribution in [0.2, 0.25) is 0 Å². The molecule has 7 nitrogen and oxygen atoms in total. The van der Waals surface area contributed by atoms with E-state index in [2.05, 4.69) is 34.7 Å². The molecule has 140 valence electrons. The number of rotatable bonds is 6. The number of aliphatic hydroxyl groups is 1. The topological polar surface area (TPSA) is 99.3 Å². The molecule has 26 heavy (non-hydrogen) atoms. The first-order valence-corrected chi connectivity index (χ1v) is 9.01. The number of piperidine rings is 1. The fraction of sp³-hybridized carbons (Fsp3) is 0.474. The molecular weight excluding hydrogens is 332 g/mol. The monoisotopic (exact) mass is 358 g/mol. The summed E-state index contributed by atoms with van der Waals surface area (Å²) in [6, 6.07) is 9.11. The van der Waals surface area contributed by atoms with Crippen LogP contribution in [0, 0.1) is 5.92 Å². The van der Waals surface area contributed by atoms with Crippen molar-refractivity contribution < 1.29 is 14.6 Å². The third kappa shape index (κ3) is 4.62. The quantitative estimate of drug-likeness (QED) is 0.628. The van der Waals surface area contributed by atoms with Crippen LogP contribution < -0.4 is 15.4 Å². The van der Waals surface area contributed by atoms with Gasteiger partial charge in [-0.2, -0.15) is 5.10 Å². The van der Waals surface area contributed by atoms with Crippen molar-refractivity contribution in [1.82, 2.24) is 20.8 Å². The number of ether oxygens (including phenoxy) is 1. The Morgan fingerprint density at radius 1 is 1.38 bits per heavy atom. The number of H-pyrrole nitrogens is 1. The maximum atomic E-state index is 12.4. The Morgan fingerprint density at radius 3 is 2.85 bits per heavy atom. The third-order valence-electron chi connectivity index (χ3n) is 4.32. The molecule has 0 bridgehead atoms. The number of carbonyl (C=O) groups is 1. The summed E-state index contributed by atoms with van der Waals surface area (Å²) in [6.45, 7) is 6.15. The van der Waals surface area contributed by atoms with Crippen molar-refractivity contribution in [2.75, 3.05) is 19.7 Å². The molecule has 1 saturated heterocycles. The molecule has 2 aromatic rings. The van der Waals surface area contributed by atoms with Crippen LogP contribution in [0.3, 0.4) is 0 Å². The molecule has 4 N–H and O–H groups in total. The van der Waals surface area contributed by atoms with E-state index in [1.165, 1.54) is 0 Å². The summed E-state index contributed by atoms with van der Waals surface area (Å²) in [6.07, 6.45) is 0.125. The minimum absolute atomic E-state index is 0.243. The summed E-state index contributed by atoms with van der Waals surface area (Å²) in [7, 11) is 0. The lowest BCUT2D eigenvalue weighted by Crippen LogP contribution is -2.52. The third-order valence-corrected chi connectivity index (χ3v) is 4.32. The first-order chi connectivity index (χ1) is 12.5. The average molecular weight is 358 g/mol. The minimum atomic E-state index is -0.575. The summed E-state index contributed by atoms with van der Waals surface area (Å²) >= 11 is 0. The Balaban J connectivity index is 1.62. The number of carbonyl (C=O) groups excluding carboxylic acids is 1. The van der Waals surface area contributed by atoms with Crippen molar-refractivity contribution in [3.8, 4) is 17.0 Å². The molecule has 1 aliphatic heterocycles. The Morgan fingerprint density at radius 2 is 2.15 bits per heavy atom. The van der Waals surface area contributed by atoms with Crippen LogP contribution >= 0.6 is 0 Å². The number of hydrogen-bond donors (Lipinski definition) is 4. The van der Waals surface area contributed by atoms with Gasteiger partial charge in [-0.25, -0.2) is 0 Å². The van der Waals surface area contributed by atoms with Gasteiger partial charge in [0, 0.05) is 12.1 Å². The Kier molecular flexibility index (Phi) is 5.90. The first-order valence-electron chi connectivity index (χ1n) is 9.01. The van der Waals surface area contributed by atoms with E-state index in [0.717, 1.165) is 17.9 Å². The SMILES string of the molecule is CC(C)COc1ccc(-c2cc(C(=O)N[C@@H]3CCNC[C@H]3O)[nH]n2)cc1. The van der Waals surface area contributed by atoms with Gasteiger partial charge < -0.3 is 20.5 Å². The molecule has 1 aromatic carbocycles. The predicted molar refractivity (Wildman–Crippen MR) is 99.1 cm³/mol. The van der Waals surface area contributed by atoms with E-state index in [9.17, 15) is 9.90 Å². The highest BCUT2D eigenvalue weighted by Gasteiger charge is 2.25. The Hall–Kier alpha value is -2.38. The van der Waals surface area contributed by atoms with Crippen molar-refractivity contribution in [3.63, 3.8) is 0 Å². The maximum absolute atomic E-state index is 12.4. The number of aromatic amines is 1. The second kappa shape index (κ2) is 8.33. The number of nitrogens with zero attached hydrogens (tertiary/aromatic N) is 1. The molecular formula is C19H26N4O3. The molecule has 0 spiro atoms. The van der Waals surface area contributed by atoms with E-state index in [0.29, 0.717) is 36.9 Å². The molecule has 1 aliphatic rings. The standard InChI is InChI=1S/C19H26N4O3/c1-12(2)11-26-14-5-3-13(4-6-14)16-9-17(23-22-16)19(25)21-15-7-8-20-10-18(15)24/h3-6,9,12,15,18,20,24H,7-8,10-11H2,1-2H3,(H,21,25)(H,22,23)/t15-,18-/m1/s1. The highest BCUT2D eigenvalue weighted by atomic mass is 16.5. The zero-order chi connectivity index (χ0) is 18.5. The van der Waals surface area contributed by atoms with E-state index in [4.69, 9.17) is 4.74 Å². The highest BCUT2D eigenvalue weighted by molar-refractivity contribution is 5.93. The number of β-amino-alcohol motifs (C(OH)–C–C–N with tert-alkyl or cyclic N) is 1. The molecule has 7 heteroatoms. The summed E-state index contributed by atoms with van der Waals surface area (Å²) in [5.41, 5.74) is 1.97. The van der Waals surface area contributed by atoms with Gasteiger partial charge in [-0.3, -0.25) is 9.89 Å². The van der Waals surface area contributed by atoms with Gasteiger partial charge in [-0.05, 0) is 49.2 Å². The number of benzene rings is 1. The van der Waals surface area contributed by atoms with Gasteiger partial charge in [-0.15, -0.1) is 0 Å². The van der Waals surface area contributed by atoms with Crippen LogP contribution in [0.15, 0.2) is 30.3 Å². The summed E-state index contributed by atoms with van der Waals surface area (Å²) in [5, 5.41) is 22.9. The second-order valence-corrected chi connectivity index (χ2v) is 7.04. The number of nitrogens with one attached hydrogen (secondary N) is 3. The number of amides is 1. The van der Waals surface area contributed by atoms with Gasteiger partial charge >= 0.3 is 0 Å². The number of aliphatic hydroxyl groups excluding tert-OH is 1. The van der Waals surface area contributed by atoms with Crippen LogP contribution in [0.25, 0.3) is 11.3 Å². The molecule has 1 amide bonds. The zero-order valence-corrected chi connectivity index (χ0v) is 15.2. The molecule has 2 atom stereocenters. The van der Waals surface area contributed by atoms with Crippen LogP contribution in [0.4, 0.5) is 0 Å². The fourth-order valence-corrected chi connectivity index (χ4v) is 2.83. The van der Waals surface area contributed by atoms with E-state index < -0.39 is 6.10 Å². The van der Waals surface area contributed by atoms with Gasteiger partial charge in [0.15, 0.2) is 0 Å². The smallest absolute Gasteiger partial charge is 0.269 e. The lowest BCUT2D eigenvalue weighted by atomic mass is 10.0. The van der Waals surface area contributed by atoms with E-state index in [1.807, 2.05) is 24.3 Å². The van der Waals surface area contributed by atoms with Crippen LogP contribution in [0.5, 0.6) is 5.75 Å². The molecule has 1 fully saturated rings. The lowest BCUT2D eigenvalue weighted by molar-refractivity contribution is 0.0761. The molecule has 0 radical (unpaired) electrons. The van der Waals surface area contributed by atoms with Crippen molar-refractivity contribution >= 4 is 5.91 Å². The van der Waals surface area contributed by atoms with Gasteiger partial charge in [-0.1, -0.05) is 13.8 Å². The van der Waals surface area contributed by atoms with Gasteiger partial charge in [0.05, 0.1) is 24.4 Å². The molecule has 0 saturated carbocycles. The second-order valence-electron chi connectivity index (χ2n) is 7.04. The van der Waals surface area contributed by atoms with E-state index in [1.54, 1.807) is 6.07 Å². The van der Waals surface area contributed by atoms with Crippen molar-refractivity contribution in [2.24, 2.45) is 5.92 Å². The predicted octanol–water partition coefficient (Wildman–Crippen LogP) is 1.56. The Bertz CT molecular complexity index is 727. The maximum Gasteiger partial charge on any atom is 0.269 e. The summed E-state index contributed by atoms with van der Waals surface area (Å²) in [5.74, 6) is 1.03. The van der Waals surface area contributed by atoms with E-state index in [-0.39, 0.29) is 11.9 Å². The fourth-order valence-electron chi connectivity index (χ4n) is 2.83. The molecule has 1 aromatic heterocycles. The van der Waals surface area contributed by atoms with Crippen molar-refractivity contribution in [2.45, 2.75) is 32.4 Å². The molecule has 3 rings (SSSR count). The van der Waals surface area contributed by atoms with Gasteiger partial charge in [0.1, 0.15) is 11.4 Å². The molecule has 0 unspecified atom stereocenters. The summed E-state index contributed by atoms with van der Waals surface area (Å²) in [4.78, 5) is 12.4. The van der Waals surface area contributed by atoms with Gasteiger partial charge in [0.25, 0.3) is 5.91 Å². The van der Waals surface area contributed by atoms with E-state index >= 15 is 0 Å². The average Bonchev–Trinajstić information content (AvgIpc) is 3.12. The summed E-state index contributed by atoms with van der Waals surface area (Å²) < 4.78 is 5.68. The zero-order valence-electron chi connectivity index (χ0n) is 15.2. The van der Waals surface area contributed by atoms with Crippen LogP contribution in [-0.4, -0.2) is 53.1 Å². The minimum Gasteiger partial charge on any atom is -0.493 e. The first kappa shape index (κ1) is 18.4. The van der Waals surface area contributed by atoms with Gasteiger partial charge in [0.2, 0.25) is 0 Å². The Labute approximate surface area is 153 Å². The normalized spacial score (nSPS) is 20.2.